The van der Waals surface area contributed by atoms with Crippen molar-refractivity contribution in [2.45, 2.75) is 19.5 Å². The Morgan fingerprint density at radius 1 is 1.44 bits per heavy atom. The predicted octanol–water partition coefficient (Wildman–Crippen LogP) is 3.18. The Morgan fingerprint density at radius 3 is 2.94 bits per heavy atom. The van der Waals surface area contributed by atoms with Gasteiger partial charge in [-0.25, -0.2) is 4.98 Å². The van der Waals surface area contributed by atoms with Gasteiger partial charge in [-0.1, -0.05) is 17.7 Å². The van der Waals surface area contributed by atoms with Gasteiger partial charge in [-0.15, -0.1) is 0 Å². The summed E-state index contributed by atoms with van der Waals surface area (Å²) < 4.78 is 5.00. The summed E-state index contributed by atoms with van der Waals surface area (Å²) in [6.45, 7) is 2.87. The molecule has 0 fully saturated rings. The van der Waals surface area contributed by atoms with Crippen LogP contribution in [0.2, 0.25) is 5.15 Å². The summed E-state index contributed by atoms with van der Waals surface area (Å²) >= 11 is 5.73. The molecule has 0 radical (unpaired) electrons. The van der Waals surface area contributed by atoms with Crippen molar-refractivity contribution in [1.29, 1.82) is 0 Å². The van der Waals surface area contributed by atoms with Crippen LogP contribution in [0.4, 0.5) is 0 Å². The summed E-state index contributed by atoms with van der Waals surface area (Å²) in [6, 6.07) is 5.95. The highest BCUT2D eigenvalue weighted by Gasteiger charge is 2.05. The third kappa shape index (κ3) is 2.84. The van der Waals surface area contributed by atoms with Gasteiger partial charge in [-0.3, -0.25) is 0 Å². The third-order valence-corrected chi connectivity index (χ3v) is 2.67. The monoisotopic (exact) mass is 236 g/mol. The predicted molar refractivity (Wildman–Crippen MR) is 63.2 cm³/mol. The van der Waals surface area contributed by atoms with Crippen LogP contribution in [-0.4, -0.2) is 4.98 Å². The maximum atomic E-state index is 5.73. The zero-order valence-corrected chi connectivity index (χ0v) is 9.74. The smallest absolute Gasteiger partial charge is 0.129 e. The number of rotatable bonds is 4. The zero-order chi connectivity index (χ0) is 11.4. The number of halogens is 1. The fourth-order valence-electron chi connectivity index (χ4n) is 1.43. The topological polar surface area (TPSA) is 38.1 Å². The molecule has 0 bridgehead atoms. The number of hydrogen-bond donors (Lipinski definition) is 1. The van der Waals surface area contributed by atoms with Crippen molar-refractivity contribution in [3.05, 3.63) is 53.2 Å². The summed E-state index contributed by atoms with van der Waals surface area (Å²) in [4.78, 5) is 4.05. The molecule has 0 spiro atoms. The van der Waals surface area contributed by atoms with Crippen LogP contribution in [0, 0.1) is 0 Å². The van der Waals surface area contributed by atoms with E-state index in [2.05, 4.69) is 17.2 Å². The minimum absolute atomic E-state index is 0.236. The van der Waals surface area contributed by atoms with E-state index in [1.165, 1.54) is 0 Å². The Hall–Kier alpha value is -1.32. The molecule has 0 aliphatic carbocycles. The summed E-state index contributed by atoms with van der Waals surface area (Å²) in [5.41, 5.74) is 2.25. The molecule has 2 heterocycles. The SMILES string of the molecule is CC(NCc1ccoc1)c1ccc(Cl)nc1. The lowest BCUT2D eigenvalue weighted by molar-refractivity contribution is 0.546. The van der Waals surface area contributed by atoms with Crippen molar-refractivity contribution in [3.63, 3.8) is 0 Å². The molecule has 4 heteroatoms. The highest BCUT2D eigenvalue weighted by molar-refractivity contribution is 6.29. The molecule has 16 heavy (non-hydrogen) atoms. The van der Waals surface area contributed by atoms with Crippen molar-refractivity contribution in [3.8, 4) is 0 Å². The van der Waals surface area contributed by atoms with E-state index in [0.29, 0.717) is 5.15 Å². The first-order chi connectivity index (χ1) is 7.75. The molecule has 1 unspecified atom stereocenters. The van der Waals surface area contributed by atoms with Gasteiger partial charge in [0.1, 0.15) is 5.15 Å². The second-order valence-electron chi connectivity index (χ2n) is 3.65. The van der Waals surface area contributed by atoms with Crippen LogP contribution in [0.15, 0.2) is 41.3 Å². The van der Waals surface area contributed by atoms with E-state index >= 15 is 0 Å². The molecular weight excluding hydrogens is 224 g/mol. The molecule has 0 saturated heterocycles. The Labute approximate surface area is 99.5 Å². The van der Waals surface area contributed by atoms with Crippen LogP contribution in [0.3, 0.4) is 0 Å². The van der Waals surface area contributed by atoms with Crippen LogP contribution in [0.5, 0.6) is 0 Å². The number of nitrogens with one attached hydrogen (secondary N) is 1. The molecule has 0 amide bonds. The first-order valence-electron chi connectivity index (χ1n) is 5.11. The molecule has 84 valence electrons. The average Bonchev–Trinajstić information content (AvgIpc) is 2.80. The van der Waals surface area contributed by atoms with Gasteiger partial charge < -0.3 is 9.73 Å². The van der Waals surface area contributed by atoms with Gasteiger partial charge in [0, 0.05) is 24.3 Å². The first kappa shape index (κ1) is 11.2. The standard InChI is InChI=1S/C12H13ClN2O/c1-9(11-2-3-12(13)15-7-11)14-6-10-4-5-16-8-10/h2-5,7-9,14H,6H2,1H3. The van der Waals surface area contributed by atoms with E-state index in [1.54, 1.807) is 24.8 Å². The Bertz CT molecular complexity index is 425. The third-order valence-electron chi connectivity index (χ3n) is 2.44. The largest absolute Gasteiger partial charge is 0.472 e. The number of pyridine rings is 1. The summed E-state index contributed by atoms with van der Waals surface area (Å²) in [7, 11) is 0. The average molecular weight is 237 g/mol. The van der Waals surface area contributed by atoms with Crippen LogP contribution in [-0.2, 0) is 6.54 Å². The minimum atomic E-state index is 0.236. The molecule has 2 rings (SSSR count). The fourth-order valence-corrected chi connectivity index (χ4v) is 1.54. The van der Waals surface area contributed by atoms with Gasteiger partial charge in [0.25, 0.3) is 0 Å². The highest BCUT2D eigenvalue weighted by Crippen LogP contribution is 2.14. The van der Waals surface area contributed by atoms with Crippen molar-refractivity contribution < 1.29 is 4.42 Å². The van der Waals surface area contributed by atoms with Gasteiger partial charge in [-0.05, 0) is 24.6 Å². The molecule has 2 aromatic rings. The van der Waals surface area contributed by atoms with E-state index in [-0.39, 0.29) is 6.04 Å². The van der Waals surface area contributed by atoms with Crippen LogP contribution < -0.4 is 5.32 Å². The zero-order valence-electron chi connectivity index (χ0n) is 8.98. The molecule has 0 aromatic carbocycles. The van der Waals surface area contributed by atoms with E-state index in [4.69, 9.17) is 16.0 Å². The molecule has 2 aromatic heterocycles. The molecule has 3 nitrogen and oxygen atoms in total. The van der Waals surface area contributed by atoms with Crippen LogP contribution in [0.25, 0.3) is 0 Å². The van der Waals surface area contributed by atoms with Crippen molar-refractivity contribution in [2.24, 2.45) is 0 Å². The minimum Gasteiger partial charge on any atom is -0.472 e. The van der Waals surface area contributed by atoms with Gasteiger partial charge >= 0.3 is 0 Å². The number of furan rings is 1. The number of aromatic nitrogens is 1. The Morgan fingerprint density at radius 2 is 2.31 bits per heavy atom. The quantitative estimate of drug-likeness (QED) is 0.829. The Kier molecular flexibility index (Phi) is 3.59. The maximum Gasteiger partial charge on any atom is 0.129 e. The second kappa shape index (κ2) is 5.14. The van der Waals surface area contributed by atoms with Crippen LogP contribution >= 0.6 is 11.6 Å². The van der Waals surface area contributed by atoms with E-state index in [0.717, 1.165) is 17.7 Å². The van der Waals surface area contributed by atoms with E-state index < -0.39 is 0 Å². The summed E-state index contributed by atoms with van der Waals surface area (Å²) in [6.07, 6.45) is 5.20. The van der Waals surface area contributed by atoms with Gasteiger partial charge in [0.2, 0.25) is 0 Å². The van der Waals surface area contributed by atoms with Gasteiger partial charge in [-0.2, -0.15) is 0 Å². The molecule has 1 atom stereocenters. The number of hydrogen-bond acceptors (Lipinski definition) is 3. The molecule has 0 aliphatic heterocycles. The van der Waals surface area contributed by atoms with E-state index in [9.17, 15) is 0 Å². The Balaban J connectivity index is 1.93. The van der Waals surface area contributed by atoms with Crippen molar-refractivity contribution >= 4 is 11.6 Å². The van der Waals surface area contributed by atoms with Crippen molar-refractivity contribution in [1.82, 2.24) is 10.3 Å². The summed E-state index contributed by atoms with van der Waals surface area (Å²) in [5, 5.41) is 3.90. The summed E-state index contributed by atoms with van der Waals surface area (Å²) in [5.74, 6) is 0. The second-order valence-corrected chi connectivity index (χ2v) is 4.04. The lowest BCUT2D eigenvalue weighted by Crippen LogP contribution is -2.17. The molecule has 1 N–H and O–H groups in total. The maximum absolute atomic E-state index is 5.73. The first-order valence-corrected chi connectivity index (χ1v) is 5.49. The fraction of sp³-hybridized carbons (Fsp3) is 0.250. The molecular formula is C12H13ClN2O. The normalized spacial score (nSPS) is 12.6. The van der Waals surface area contributed by atoms with Gasteiger partial charge in [0.05, 0.1) is 12.5 Å². The van der Waals surface area contributed by atoms with Crippen LogP contribution in [0.1, 0.15) is 24.1 Å². The molecule has 0 aliphatic rings. The van der Waals surface area contributed by atoms with E-state index in [1.807, 2.05) is 12.1 Å². The lowest BCUT2D eigenvalue weighted by Gasteiger charge is -2.12. The lowest BCUT2D eigenvalue weighted by atomic mass is 10.1. The molecule has 0 saturated carbocycles. The van der Waals surface area contributed by atoms with Crippen molar-refractivity contribution in [2.75, 3.05) is 0 Å². The van der Waals surface area contributed by atoms with Gasteiger partial charge in [0.15, 0.2) is 0 Å². The highest BCUT2D eigenvalue weighted by atomic mass is 35.5. The number of nitrogens with zero attached hydrogens (tertiary/aromatic N) is 1.